The van der Waals surface area contributed by atoms with E-state index in [1.807, 2.05) is 54.6 Å². The van der Waals surface area contributed by atoms with Crippen LogP contribution in [0, 0.1) is 0 Å². The third-order valence-corrected chi connectivity index (χ3v) is 6.20. The van der Waals surface area contributed by atoms with E-state index < -0.39 is 29.3 Å². The number of benzene rings is 2. The molecule has 5 N–H and O–H groups in total. The second-order valence-corrected chi connectivity index (χ2v) is 9.01. The Balaban J connectivity index is 0.000000572. The molecule has 0 radical (unpaired) electrons. The van der Waals surface area contributed by atoms with Gasteiger partial charge in [0.25, 0.3) is 0 Å². The van der Waals surface area contributed by atoms with Gasteiger partial charge < -0.3 is 16.6 Å². The van der Waals surface area contributed by atoms with Crippen LogP contribution < -0.4 is 16.4 Å². The normalized spacial score (nSPS) is 12.8. The minimum atomic E-state index is -5.08. The maximum absolute atomic E-state index is 13.4. The van der Waals surface area contributed by atoms with E-state index in [1.165, 1.54) is 16.2 Å². The Bertz CT molecular complexity index is 1140. The van der Waals surface area contributed by atoms with E-state index in [0.29, 0.717) is 30.9 Å². The summed E-state index contributed by atoms with van der Waals surface area (Å²) in [4.78, 5) is 40.6. The van der Waals surface area contributed by atoms with Gasteiger partial charge in [0, 0.05) is 0 Å². The number of carbonyl (C=O) groups is 3. The third-order valence-electron chi connectivity index (χ3n) is 4.86. The van der Waals surface area contributed by atoms with Crippen LogP contribution in [0.5, 0.6) is 0 Å². The van der Waals surface area contributed by atoms with Crippen LogP contribution in [0.25, 0.3) is 10.2 Å². The molecular formula is C23H25F3N4O4S2. The number of nitrogens with zero attached hydrogens (tertiary/aromatic N) is 2. The Morgan fingerprint density at radius 1 is 1.08 bits per heavy atom. The number of carboxylic acids is 1. The van der Waals surface area contributed by atoms with Crippen LogP contribution >= 0.6 is 24.0 Å². The molecule has 0 aliphatic rings. The van der Waals surface area contributed by atoms with Gasteiger partial charge in [-0.05, 0) is 43.5 Å². The van der Waals surface area contributed by atoms with Crippen molar-refractivity contribution in [1.82, 2.24) is 4.98 Å². The van der Waals surface area contributed by atoms with Gasteiger partial charge in [-0.15, -0.1) is 12.6 Å². The first-order chi connectivity index (χ1) is 17.0. The van der Waals surface area contributed by atoms with Crippen LogP contribution in [0.1, 0.15) is 18.4 Å². The number of halogens is 3. The molecule has 8 nitrogen and oxygen atoms in total. The lowest BCUT2D eigenvalue weighted by Crippen LogP contribution is -2.52. The molecule has 1 aromatic heterocycles. The summed E-state index contributed by atoms with van der Waals surface area (Å²) in [6.07, 6.45) is -3.73. The van der Waals surface area contributed by atoms with Crippen LogP contribution in [0.2, 0.25) is 0 Å². The summed E-state index contributed by atoms with van der Waals surface area (Å²) >= 11 is 5.40. The van der Waals surface area contributed by atoms with Crippen LogP contribution in [0.15, 0.2) is 54.6 Å². The van der Waals surface area contributed by atoms with Gasteiger partial charge in [0.2, 0.25) is 11.0 Å². The molecule has 1 amide bonds. The van der Waals surface area contributed by atoms with Crippen LogP contribution in [0.3, 0.4) is 0 Å². The zero-order valence-electron chi connectivity index (χ0n) is 18.9. The molecule has 0 saturated heterocycles. The van der Waals surface area contributed by atoms with Gasteiger partial charge in [-0.2, -0.15) is 13.2 Å². The van der Waals surface area contributed by atoms with Gasteiger partial charge in [0.15, 0.2) is 5.13 Å². The van der Waals surface area contributed by atoms with Crippen molar-refractivity contribution in [3.63, 3.8) is 0 Å². The number of anilines is 1. The van der Waals surface area contributed by atoms with Crippen LogP contribution in [-0.4, -0.2) is 51.9 Å². The van der Waals surface area contributed by atoms with Gasteiger partial charge in [-0.1, -0.05) is 53.8 Å². The number of amides is 1. The van der Waals surface area contributed by atoms with Gasteiger partial charge in [-0.25, -0.2) is 9.78 Å². The van der Waals surface area contributed by atoms with E-state index in [9.17, 15) is 22.8 Å². The molecule has 0 aliphatic carbocycles. The standard InChI is InChI=1S/C21H24N4O2S2.C2HF3O2/c22-12-6-10-17(20(27)28)25(21-24-16-9-4-5-11-18(16)29-21)19(26)15(23)13-14-7-2-1-3-8-14;3-2(4,5)1(6)7/h1-5,7-9,11,15,17H,6,10,12-13,22-23H2,(H,27,28);(H,6,7)/t15-,17+;/m1./s1. The van der Waals surface area contributed by atoms with Gasteiger partial charge in [0.1, 0.15) is 6.04 Å². The number of nitrogens with two attached hydrogens (primary N) is 2. The van der Waals surface area contributed by atoms with E-state index in [1.54, 1.807) is 0 Å². The monoisotopic (exact) mass is 542 g/mol. The Labute approximate surface area is 214 Å². The van der Waals surface area contributed by atoms with E-state index in [0.717, 1.165) is 15.8 Å². The number of alkyl halides is 3. The lowest BCUT2D eigenvalue weighted by atomic mass is 10.0. The maximum atomic E-state index is 13.4. The fraction of sp³-hybridized carbons (Fsp3) is 0.304. The van der Waals surface area contributed by atoms with Crippen molar-refractivity contribution in [2.45, 2.75) is 37.5 Å². The molecule has 3 aromatic rings. The second-order valence-electron chi connectivity index (χ2n) is 7.56. The Morgan fingerprint density at radius 3 is 2.19 bits per heavy atom. The Hall–Kier alpha value is -3.00. The maximum Gasteiger partial charge on any atom is 0.490 e. The average molecular weight is 543 g/mol. The zero-order chi connectivity index (χ0) is 26.9. The third kappa shape index (κ3) is 8.29. The molecule has 0 aliphatic heterocycles. The fourth-order valence-corrected chi connectivity index (χ4v) is 4.42. The molecule has 13 heteroatoms. The fourth-order valence-electron chi connectivity index (χ4n) is 3.15. The zero-order valence-corrected chi connectivity index (χ0v) is 20.6. The number of para-hydroxylation sites is 1. The SMILES string of the molecule is NCCC[C@@H](C(=O)S)N(C(=O)[C@H](N)Cc1ccccc1)c1nc2ccccc2s1.O=C(O)C(F)(F)F. The number of hydrogen-bond donors (Lipinski definition) is 4. The summed E-state index contributed by atoms with van der Waals surface area (Å²) in [6, 6.07) is 15.6. The minimum absolute atomic E-state index is 0.350. The topological polar surface area (TPSA) is 140 Å². The average Bonchev–Trinajstić information content (AvgIpc) is 3.25. The molecule has 0 saturated carbocycles. The van der Waals surface area contributed by atoms with E-state index in [-0.39, 0.29) is 5.91 Å². The molecule has 0 spiro atoms. The number of thiol groups is 1. The smallest absolute Gasteiger partial charge is 0.475 e. The molecule has 0 fully saturated rings. The molecule has 2 atom stereocenters. The quantitative estimate of drug-likeness (QED) is 0.304. The highest BCUT2D eigenvalue weighted by Gasteiger charge is 2.38. The molecule has 36 heavy (non-hydrogen) atoms. The van der Waals surface area contributed by atoms with Crippen molar-refractivity contribution in [3.05, 3.63) is 60.2 Å². The lowest BCUT2D eigenvalue weighted by molar-refractivity contribution is -0.192. The van der Waals surface area contributed by atoms with Gasteiger partial charge in [-0.3, -0.25) is 14.5 Å². The van der Waals surface area contributed by atoms with Crippen molar-refractivity contribution in [2.75, 3.05) is 11.4 Å². The van der Waals surface area contributed by atoms with E-state index in [4.69, 9.17) is 21.4 Å². The molecule has 194 valence electrons. The highest BCUT2D eigenvalue weighted by Crippen LogP contribution is 2.31. The predicted molar refractivity (Wildman–Crippen MR) is 135 cm³/mol. The van der Waals surface area contributed by atoms with E-state index in [2.05, 4.69) is 17.6 Å². The van der Waals surface area contributed by atoms with Crippen LogP contribution in [0.4, 0.5) is 18.3 Å². The Kier molecular flexibility index (Phi) is 10.8. The summed E-state index contributed by atoms with van der Waals surface area (Å²) in [5, 5.41) is 7.17. The van der Waals surface area contributed by atoms with E-state index >= 15 is 0 Å². The predicted octanol–water partition coefficient (Wildman–Crippen LogP) is 3.40. The highest BCUT2D eigenvalue weighted by molar-refractivity contribution is 7.96. The largest absolute Gasteiger partial charge is 0.490 e. The molecular weight excluding hydrogens is 517 g/mol. The first kappa shape index (κ1) is 29.2. The Morgan fingerprint density at radius 2 is 1.67 bits per heavy atom. The first-order valence-electron chi connectivity index (χ1n) is 10.7. The summed E-state index contributed by atoms with van der Waals surface area (Å²) in [7, 11) is 0. The highest BCUT2D eigenvalue weighted by atomic mass is 32.1. The van der Waals surface area contributed by atoms with Crippen molar-refractivity contribution in [3.8, 4) is 0 Å². The van der Waals surface area contributed by atoms with Gasteiger partial charge >= 0.3 is 12.1 Å². The number of carbonyl (C=O) groups excluding carboxylic acids is 2. The molecule has 0 bridgehead atoms. The van der Waals surface area contributed by atoms with Crippen molar-refractivity contribution < 1.29 is 32.7 Å². The number of hydrogen-bond acceptors (Lipinski definition) is 7. The second kappa shape index (κ2) is 13.3. The number of carboxylic acid groups (broad SMARTS) is 1. The lowest BCUT2D eigenvalue weighted by Gasteiger charge is -2.29. The number of rotatable bonds is 9. The van der Waals surface area contributed by atoms with Gasteiger partial charge in [0.05, 0.1) is 16.3 Å². The summed E-state index contributed by atoms with van der Waals surface area (Å²) in [6.45, 7) is 0.412. The number of aromatic nitrogens is 1. The van der Waals surface area contributed by atoms with Crippen molar-refractivity contribution in [2.24, 2.45) is 11.5 Å². The minimum Gasteiger partial charge on any atom is -0.475 e. The molecule has 3 rings (SSSR count). The number of fused-ring (bicyclic) bond motifs is 1. The van der Waals surface area contributed by atoms with Crippen LogP contribution in [-0.2, 0) is 20.8 Å². The number of aliphatic carboxylic acids is 1. The number of thiazole rings is 1. The first-order valence-corrected chi connectivity index (χ1v) is 11.9. The summed E-state index contributed by atoms with van der Waals surface area (Å²) < 4.78 is 32.7. The molecule has 1 heterocycles. The van der Waals surface area contributed by atoms with Crippen molar-refractivity contribution in [1.29, 1.82) is 0 Å². The van der Waals surface area contributed by atoms with Crippen molar-refractivity contribution >= 4 is 56.3 Å². The molecule has 2 aromatic carbocycles. The summed E-state index contributed by atoms with van der Waals surface area (Å²) in [5.74, 6) is -3.11. The molecule has 0 unspecified atom stereocenters. The summed E-state index contributed by atoms with van der Waals surface area (Å²) in [5.41, 5.74) is 13.6.